The maximum absolute atomic E-state index is 14.8. The number of allylic oxidation sites excluding steroid dienone is 6. The Morgan fingerprint density at radius 2 is 1.68 bits per heavy atom. The second-order valence-electron chi connectivity index (χ2n) is 13.0. The molecule has 0 aromatic heterocycles. The van der Waals surface area contributed by atoms with Gasteiger partial charge in [0.1, 0.15) is 5.41 Å². The van der Waals surface area contributed by atoms with Crippen LogP contribution >= 0.6 is 0 Å². The molecule has 0 bridgehead atoms. The largest absolute Gasteiger partial charge is 0.416 e. The summed E-state index contributed by atoms with van der Waals surface area (Å²) in [6, 6.07) is 4.97. The Hall–Kier alpha value is -3.23. The highest BCUT2D eigenvalue weighted by Crippen LogP contribution is 2.44. The van der Waals surface area contributed by atoms with Crippen molar-refractivity contribution in [3.8, 4) is 0 Å². The first kappa shape index (κ1) is 33.7. The van der Waals surface area contributed by atoms with E-state index in [-0.39, 0.29) is 12.1 Å². The zero-order valence-electron chi connectivity index (χ0n) is 26.6. The highest BCUT2D eigenvalue weighted by molar-refractivity contribution is 6.14. The molecule has 4 nitrogen and oxygen atoms in total. The van der Waals surface area contributed by atoms with E-state index in [4.69, 9.17) is 0 Å². The van der Waals surface area contributed by atoms with Crippen molar-refractivity contribution in [3.63, 3.8) is 0 Å². The average molecular weight is 618 g/mol. The number of carbonyl (C=O) groups is 1. The number of amides is 1. The van der Waals surface area contributed by atoms with Crippen LogP contribution in [0, 0.1) is 11.3 Å². The van der Waals surface area contributed by atoms with E-state index >= 15 is 0 Å². The summed E-state index contributed by atoms with van der Waals surface area (Å²) in [6.45, 7) is 14.6. The van der Waals surface area contributed by atoms with Gasteiger partial charge in [0.2, 0.25) is 5.91 Å². The second kappa shape index (κ2) is 12.6. The third kappa shape index (κ3) is 6.57. The summed E-state index contributed by atoms with van der Waals surface area (Å²) in [5.41, 5.74) is 2.71. The first-order valence-electron chi connectivity index (χ1n) is 15.5. The van der Waals surface area contributed by atoms with Crippen LogP contribution in [0.4, 0.5) is 22.0 Å². The van der Waals surface area contributed by atoms with Crippen molar-refractivity contribution >= 4 is 11.6 Å². The maximum Gasteiger partial charge on any atom is 0.416 e. The minimum atomic E-state index is -4.42. The molecule has 1 amide bonds. The summed E-state index contributed by atoms with van der Waals surface area (Å²) in [5, 5.41) is 0. The van der Waals surface area contributed by atoms with Crippen molar-refractivity contribution in [3.05, 3.63) is 82.7 Å². The molecule has 0 unspecified atom stereocenters. The van der Waals surface area contributed by atoms with E-state index in [9.17, 15) is 26.7 Å². The van der Waals surface area contributed by atoms with E-state index in [0.717, 1.165) is 47.7 Å². The van der Waals surface area contributed by atoms with Crippen LogP contribution in [0.5, 0.6) is 0 Å². The molecule has 4 rings (SSSR count). The van der Waals surface area contributed by atoms with Gasteiger partial charge < -0.3 is 9.80 Å². The summed E-state index contributed by atoms with van der Waals surface area (Å²) in [4.78, 5) is 21.9. The Kier molecular flexibility index (Phi) is 9.67. The fourth-order valence-corrected chi connectivity index (χ4v) is 6.52. The monoisotopic (exact) mass is 617 g/mol. The average Bonchev–Trinajstić information content (AvgIpc) is 2.92. The van der Waals surface area contributed by atoms with Gasteiger partial charge in [0.25, 0.3) is 5.92 Å². The third-order valence-corrected chi connectivity index (χ3v) is 9.58. The standard InChI is InChI=1S/C35H44F5N3O/c1-8-34(36,37)33(6,7)32(44)43-21-22(3)42(20-23(43)4)24(5)31-29(27-13-11-14-27)18-26(19-30(31)41-9-2)16-25-12-10-15-28(17-25)35(38,39)40/h9-10,12,15,17-19,22-23,27H,2,8,11,13-14,16,20-21H2,1,3-7H3/b31-24+,41-30?/t22-,23+/m0/s1. The third-order valence-electron chi connectivity index (χ3n) is 9.58. The summed E-state index contributed by atoms with van der Waals surface area (Å²) in [7, 11) is 0. The van der Waals surface area contributed by atoms with Crippen LogP contribution in [0.1, 0.15) is 78.4 Å². The normalized spacial score (nSPS) is 24.1. The van der Waals surface area contributed by atoms with Gasteiger partial charge in [-0.25, -0.2) is 8.78 Å². The molecular formula is C35H44F5N3O. The highest BCUT2D eigenvalue weighted by Gasteiger charge is 2.53. The molecule has 1 aliphatic heterocycles. The van der Waals surface area contributed by atoms with Crippen molar-refractivity contribution in [2.45, 2.75) is 97.8 Å². The lowest BCUT2D eigenvalue weighted by molar-refractivity contribution is -0.171. The van der Waals surface area contributed by atoms with E-state index < -0.39 is 35.4 Å². The number of aliphatic imine (C=N–C) groups is 1. The molecule has 3 aliphatic rings. The predicted molar refractivity (Wildman–Crippen MR) is 165 cm³/mol. The molecule has 1 saturated carbocycles. The molecule has 2 aliphatic carbocycles. The molecule has 240 valence electrons. The quantitative estimate of drug-likeness (QED) is 0.274. The van der Waals surface area contributed by atoms with E-state index in [1.54, 1.807) is 11.0 Å². The lowest BCUT2D eigenvalue weighted by Gasteiger charge is -2.49. The predicted octanol–water partition coefficient (Wildman–Crippen LogP) is 8.77. The number of hydrogen-bond acceptors (Lipinski definition) is 3. The Morgan fingerprint density at radius 1 is 1.05 bits per heavy atom. The lowest BCUT2D eigenvalue weighted by Crippen LogP contribution is -2.61. The van der Waals surface area contributed by atoms with Crippen molar-refractivity contribution in [1.29, 1.82) is 0 Å². The smallest absolute Gasteiger partial charge is 0.368 e. The van der Waals surface area contributed by atoms with Gasteiger partial charge in [-0.2, -0.15) is 13.2 Å². The minimum absolute atomic E-state index is 0.142. The number of hydrogen-bond donors (Lipinski definition) is 0. The molecule has 1 aromatic rings. The molecule has 1 saturated heterocycles. The van der Waals surface area contributed by atoms with Gasteiger partial charge >= 0.3 is 6.18 Å². The van der Waals surface area contributed by atoms with Crippen LogP contribution in [0.15, 0.2) is 76.6 Å². The molecule has 44 heavy (non-hydrogen) atoms. The van der Waals surface area contributed by atoms with Gasteiger partial charge in [0, 0.05) is 49.1 Å². The summed E-state index contributed by atoms with van der Waals surface area (Å²) < 4.78 is 69.7. The van der Waals surface area contributed by atoms with Gasteiger partial charge in [-0.1, -0.05) is 44.2 Å². The Bertz CT molecular complexity index is 1400. The molecule has 0 spiro atoms. The highest BCUT2D eigenvalue weighted by atomic mass is 19.4. The van der Waals surface area contributed by atoms with Crippen molar-refractivity contribution in [2.24, 2.45) is 16.3 Å². The number of benzene rings is 1. The van der Waals surface area contributed by atoms with E-state index in [1.807, 2.05) is 26.8 Å². The molecule has 0 N–H and O–H groups in total. The van der Waals surface area contributed by atoms with E-state index in [0.29, 0.717) is 36.7 Å². The summed E-state index contributed by atoms with van der Waals surface area (Å²) in [6.07, 6.45) is 4.12. The van der Waals surface area contributed by atoms with Crippen LogP contribution in [0.2, 0.25) is 0 Å². The van der Waals surface area contributed by atoms with Crippen molar-refractivity contribution in [1.82, 2.24) is 9.80 Å². The van der Waals surface area contributed by atoms with Crippen LogP contribution in [-0.4, -0.2) is 52.5 Å². The van der Waals surface area contributed by atoms with Gasteiger partial charge in [-0.15, -0.1) is 0 Å². The molecule has 0 radical (unpaired) electrons. The van der Waals surface area contributed by atoms with Gasteiger partial charge in [-0.05, 0) is 88.7 Å². The molecule has 9 heteroatoms. The number of halogens is 5. The number of carbonyl (C=O) groups excluding carboxylic acids is 1. The Labute approximate surface area is 258 Å². The fourth-order valence-electron chi connectivity index (χ4n) is 6.52. The van der Waals surface area contributed by atoms with Crippen LogP contribution < -0.4 is 0 Å². The van der Waals surface area contributed by atoms with Crippen molar-refractivity contribution in [2.75, 3.05) is 13.1 Å². The first-order valence-corrected chi connectivity index (χ1v) is 15.5. The molecule has 1 heterocycles. The Balaban J connectivity index is 1.68. The number of nitrogens with zero attached hydrogens (tertiary/aromatic N) is 3. The van der Waals surface area contributed by atoms with E-state index in [1.165, 1.54) is 39.1 Å². The zero-order chi connectivity index (χ0) is 32.6. The number of rotatable bonds is 8. The molecule has 2 fully saturated rings. The Morgan fingerprint density at radius 3 is 2.25 bits per heavy atom. The maximum atomic E-state index is 14.8. The van der Waals surface area contributed by atoms with Crippen LogP contribution in [0.25, 0.3) is 0 Å². The number of alkyl halides is 5. The van der Waals surface area contributed by atoms with Crippen LogP contribution in [0.3, 0.4) is 0 Å². The van der Waals surface area contributed by atoms with Gasteiger partial charge in [-0.3, -0.25) is 9.79 Å². The molecular weight excluding hydrogens is 573 g/mol. The van der Waals surface area contributed by atoms with E-state index in [2.05, 4.69) is 22.5 Å². The minimum Gasteiger partial charge on any atom is -0.368 e. The summed E-state index contributed by atoms with van der Waals surface area (Å²) >= 11 is 0. The molecule has 2 atom stereocenters. The van der Waals surface area contributed by atoms with Crippen LogP contribution in [-0.2, 0) is 17.4 Å². The molecule has 1 aromatic carbocycles. The number of piperazine rings is 1. The second-order valence-corrected chi connectivity index (χ2v) is 13.0. The van der Waals surface area contributed by atoms with Gasteiger partial charge in [0.05, 0.1) is 11.3 Å². The van der Waals surface area contributed by atoms with Crippen molar-refractivity contribution < 1.29 is 26.7 Å². The first-order chi connectivity index (χ1) is 20.5. The van der Waals surface area contributed by atoms with Gasteiger partial charge in [0.15, 0.2) is 0 Å². The zero-order valence-corrected chi connectivity index (χ0v) is 26.6. The SMILES string of the molecule is C=CN=C1C=C(Cc2cccc(C(F)(F)F)c2)C=C(C2CCC2)/C1=C(/C)N1C[C@@H](C)N(C(=O)C(C)(C)C(F)(F)CC)C[C@@H]1C. The fraction of sp³-hybridized carbons (Fsp3) is 0.543. The summed E-state index contributed by atoms with van der Waals surface area (Å²) in [5.74, 6) is -3.37. The lowest BCUT2D eigenvalue weighted by atomic mass is 9.72. The topological polar surface area (TPSA) is 35.9 Å².